The van der Waals surface area contributed by atoms with Gasteiger partial charge in [-0.2, -0.15) is 0 Å². The fourth-order valence-corrected chi connectivity index (χ4v) is 1.48. The molecule has 1 heterocycles. The van der Waals surface area contributed by atoms with Crippen molar-refractivity contribution in [1.82, 2.24) is 14.9 Å². The summed E-state index contributed by atoms with van der Waals surface area (Å²) in [6, 6.07) is 0. The highest BCUT2D eigenvalue weighted by Gasteiger charge is 1.99. The van der Waals surface area contributed by atoms with Crippen LogP contribution in [0.4, 0.5) is 0 Å². The third-order valence-electron chi connectivity index (χ3n) is 1.86. The van der Waals surface area contributed by atoms with E-state index in [1.165, 1.54) is 6.20 Å². The maximum Gasteiger partial charge on any atom is 0.267 e. The average Bonchev–Trinajstić information content (AvgIpc) is 2.19. The maximum absolute atomic E-state index is 11.5. The van der Waals surface area contributed by atoms with Crippen molar-refractivity contribution in [3.8, 4) is 0 Å². The first-order valence-corrected chi connectivity index (χ1v) is 5.45. The number of hydrogen-bond donors (Lipinski definition) is 1. The lowest BCUT2D eigenvalue weighted by atomic mass is 10.4. The summed E-state index contributed by atoms with van der Waals surface area (Å²) < 4.78 is 2.13. The molecule has 1 aromatic rings. The number of hydrogen-bond acceptors (Lipinski definition) is 3. The van der Waals surface area contributed by atoms with E-state index in [2.05, 4.69) is 33.2 Å². The first-order valence-electron chi connectivity index (χ1n) is 4.66. The maximum atomic E-state index is 11.5. The molecule has 0 atom stereocenters. The van der Waals surface area contributed by atoms with E-state index in [1.807, 2.05) is 0 Å². The van der Waals surface area contributed by atoms with Gasteiger partial charge in [0.25, 0.3) is 5.56 Å². The molecular weight excluding hydrogens is 246 g/mol. The predicted molar refractivity (Wildman–Crippen MR) is 59.4 cm³/mol. The lowest BCUT2D eigenvalue weighted by Crippen LogP contribution is -2.23. The molecule has 0 aliphatic heterocycles. The second kappa shape index (κ2) is 5.93. The molecular formula is C9H14BrN3O. The van der Waals surface area contributed by atoms with E-state index < -0.39 is 0 Å². The van der Waals surface area contributed by atoms with Gasteiger partial charge in [-0.05, 0) is 35.4 Å². The lowest BCUT2D eigenvalue weighted by Gasteiger charge is -2.05. The van der Waals surface area contributed by atoms with Crippen molar-refractivity contribution in [2.75, 3.05) is 13.1 Å². The molecule has 0 fully saturated rings. The van der Waals surface area contributed by atoms with Crippen LogP contribution in [0.15, 0.2) is 21.8 Å². The molecule has 5 heteroatoms. The fourth-order valence-electron chi connectivity index (χ4n) is 1.13. The molecule has 0 spiro atoms. The Morgan fingerprint density at radius 1 is 1.64 bits per heavy atom. The SMILES string of the molecule is CCNCCCn1cncc(Br)c1=O. The van der Waals surface area contributed by atoms with E-state index >= 15 is 0 Å². The number of rotatable bonds is 5. The van der Waals surface area contributed by atoms with Crippen molar-refractivity contribution in [1.29, 1.82) is 0 Å². The van der Waals surface area contributed by atoms with Crippen LogP contribution in [0, 0.1) is 0 Å². The van der Waals surface area contributed by atoms with Gasteiger partial charge in [-0.1, -0.05) is 6.92 Å². The Kier molecular flexibility index (Phi) is 4.82. The van der Waals surface area contributed by atoms with Crippen molar-refractivity contribution >= 4 is 15.9 Å². The van der Waals surface area contributed by atoms with Gasteiger partial charge in [0.15, 0.2) is 0 Å². The van der Waals surface area contributed by atoms with Gasteiger partial charge in [0.2, 0.25) is 0 Å². The Labute approximate surface area is 91.5 Å². The van der Waals surface area contributed by atoms with Crippen LogP contribution in [0.25, 0.3) is 0 Å². The molecule has 0 bridgehead atoms. The number of nitrogens with one attached hydrogen (secondary N) is 1. The van der Waals surface area contributed by atoms with Gasteiger partial charge in [0, 0.05) is 12.7 Å². The van der Waals surface area contributed by atoms with E-state index in [-0.39, 0.29) is 5.56 Å². The number of nitrogens with zero attached hydrogens (tertiary/aromatic N) is 2. The molecule has 14 heavy (non-hydrogen) atoms. The summed E-state index contributed by atoms with van der Waals surface area (Å²) in [7, 11) is 0. The third kappa shape index (κ3) is 3.23. The summed E-state index contributed by atoms with van der Waals surface area (Å²) in [6.07, 6.45) is 4.02. The molecule has 0 saturated heterocycles. The van der Waals surface area contributed by atoms with E-state index in [9.17, 15) is 4.79 Å². The third-order valence-corrected chi connectivity index (χ3v) is 2.41. The Morgan fingerprint density at radius 2 is 2.43 bits per heavy atom. The van der Waals surface area contributed by atoms with Crippen molar-refractivity contribution in [3.63, 3.8) is 0 Å². The van der Waals surface area contributed by atoms with Crippen LogP contribution in [0.1, 0.15) is 13.3 Å². The standard InChI is InChI=1S/C9H14BrN3O/c1-2-11-4-3-5-13-7-12-6-8(10)9(13)14/h6-7,11H,2-5H2,1H3. The Hall–Kier alpha value is -0.680. The summed E-state index contributed by atoms with van der Waals surface area (Å²) in [5.41, 5.74) is -0.0171. The largest absolute Gasteiger partial charge is 0.317 e. The molecule has 4 nitrogen and oxygen atoms in total. The Balaban J connectivity index is 2.51. The first-order chi connectivity index (χ1) is 6.75. The van der Waals surface area contributed by atoms with Crippen LogP contribution in [0.2, 0.25) is 0 Å². The summed E-state index contributed by atoms with van der Waals surface area (Å²) in [6.45, 7) is 4.66. The molecule has 0 amide bonds. The van der Waals surface area contributed by atoms with Crippen LogP contribution in [-0.4, -0.2) is 22.6 Å². The zero-order chi connectivity index (χ0) is 10.4. The van der Waals surface area contributed by atoms with Gasteiger partial charge < -0.3 is 5.32 Å². The van der Waals surface area contributed by atoms with Crippen molar-refractivity contribution in [2.45, 2.75) is 19.9 Å². The quantitative estimate of drug-likeness (QED) is 0.803. The topological polar surface area (TPSA) is 46.9 Å². The van der Waals surface area contributed by atoms with Gasteiger partial charge in [-0.3, -0.25) is 9.36 Å². The van der Waals surface area contributed by atoms with Crippen molar-refractivity contribution in [2.24, 2.45) is 0 Å². The van der Waals surface area contributed by atoms with Gasteiger partial charge >= 0.3 is 0 Å². The molecule has 0 radical (unpaired) electrons. The van der Waals surface area contributed by atoms with Gasteiger partial charge in [0.1, 0.15) is 4.47 Å². The molecule has 0 saturated carbocycles. The fraction of sp³-hybridized carbons (Fsp3) is 0.556. The van der Waals surface area contributed by atoms with Crippen LogP contribution in [0.3, 0.4) is 0 Å². The van der Waals surface area contributed by atoms with Gasteiger partial charge in [0.05, 0.1) is 6.33 Å². The highest BCUT2D eigenvalue weighted by molar-refractivity contribution is 9.10. The summed E-state index contributed by atoms with van der Waals surface area (Å²) >= 11 is 3.16. The highest BCUT2D eigenvalue weighted by Crippen LogP contribution is 1.98. The lowest BCUT2D eigenvalue weighted by molar-refractivity contribution is 0.572. The van der Waals surface area contributed by atoms with Crippen molar-refractivity contribution in [3.05, 3.63) is 27.4 Å². The molecule has 0 aromatic carbocycles. The zero-order valence-electron chi connectivity index (χ0n) is 8.16. The van der Waals surface area contributed by atoms with E-state index in [1.54, 1.807) is 10.9 Å². The van der Waals surface area contributed by atoms with E-state index in [4.69, 9.17) is 0 Å². The van der Waals surface area contributed by atoms with Gasteiger partial charge in [-0.25, -0.2) is 4.98 Å². The Morgan fingerprint density at radius 3 is 3.14 bits per heavy atom. The monoisotopic (exact) mass is 259 g/mol. The van der Waals surface area contributed by atoms with E-state index in [0.717, 1.165) is 19.5 Å². The van der Waals surface area contributed by atoms with E-state index in [0.29, 0.717) is 11.0 Å². The van der Waals surface area contributed by atoms with Gasteiger partial charge in [-0.15, -0.1) is 0 Å². The van der Waals surface area contributed by atoms with Crippen molar-refractivity contribution < 1.29 is 0 Å². The second-order valence-corrected chi connectivity index (χ2v) is 3.80. The first kappa shape index (κ1) is 11.4. The second-order valence-electron chi connectivity index (χ2n) is 2.95. The Bertz CT molecular complexity index is 337. The molecule has 1 N–H and O–H groups in total. The smallest absolute Gasteiger partial charge is 0.267 e. The van der Waals surface area contributed by atoms with Crippen LogP contribution in [-0.2, 0) is 6.54 Å². The normalized spacial score (nSPS) is 10.4. The summed E-state index contributed by atoms with van der Waals surface area (Å²) in [5.74, 6) is 0. The number of aromatic nitrogens is 2. The minimum Gasteiger partial charge on any atom is -0.317 e. The van der Waals surface area contributed by atoms with Crippen LogP contribution in [0.5, 0.6) is 0 Å². The summed E-state index contributed by atoms with van der Waals surface area (Å²) in [5, 5.41) is 3.21. The summed E-state index contributed by atoms with van der Waals surface area (Å²) in [4.78, 5) is 15.4. The molecule has 78 valence electrons. The minimum atomic E-state index is -0.0171. The van der Waals surface area contributed by atoms with Crippen LogP contribution < -0.4 is 10.9 Å². The molecule has 0 aliphatic carbocycles. The molecule has 1 aromatic heterocycles. The zero-order valence-corrected chi connectivity index (χ0v) is 9.75. The highest BCUT2D eigenvalue weighted by atomic mass is 79.9. The average molecular weight is 260 g/mol. The molecule has 1 rings (SSSR count). The predicted octanol–water partition coefficient (Wildman–Crippen LogP) is 1.01. The number of aryl methyl sites for hydroxylation is 1. The molecule has 0 unspecified atom stereocenters. The number of halogens is 1. The van der Waals surface area contributed by atoms with Crippen LogP contribution >= 0.6 is 15.9 Å². The molecule has 0 aliphatic rings. The minimum absolute atomic E-state index is 0.0171.